The van der Waals surface area contributed by atoms with Gasteiger partial charge in [-0.15, -0.1) is 11.3 Å². The summed E-state index contributed by atoms with van der Waals surface area (Å²) in [6.07, 6.45) is 4.15. The Morgan fingerprint density at radius 3 is 2.72 bits per heavy atom. The molecule has 1 unspecified atom stereocenters. The molecule has 0 aliphatic rings. The van der Waals surface area contributed by atoms with Crippen LogP contribution in [0.1, 0.15) is 27.0 Å². The van der Waals surface area contributed by atoms with Crippen LogP contribution in [-0.2, 0) is 6.42 Å². The summed E-state index contributed by atoms with van der Waals surface area (Å²) in [5, 5.41) is 9.43. The van der Waals surface area contributed by atoms with E-state index in [-0.39, 0.29) is 11.9 Å². The zero-order chi connectivity index (χ0) is 18.1. The highest BCUT2D eigenvalue weighted by Gasteiger charge is 2.08. The van der Waals surface area contributed by atoms with Crippen molar-refractivity contribution in [2.24, 2.45) is 4.99 Å². The second kappa shape index (κ2) is 9.78. The minimum absolute atomic E-state index is 0.126. The van der Waals surface area contributed by atoms with E-state index in [0.717, 1.165) is 12.4 Å². The first-order chi connectivity index (χ1) is 12.1. The van der Waals surface area contributed by atoms with Gasteiger partial charge >= 0.3 is 0 Å². The summed E-state index contributed by atoms with van der Waals surface area (Å²) in [4.78, 5) is 22.8. The first-order valence-corrected chi connectivity index (χ1v) is 9.11. The van der Waals surface area contributed by atoms with Crippen LogP contribution >= 0.6 is 11.3 Å². The second-order valence-corrected chi connectivity index (χ2v) is 7.13. The largest absolute Gasteiger partial charge is 0.355 e. The lowest BCUT2D eigenvalue weighted by atomic mass is 10.2. The first kappa shape index (κ1) is 18.9. The Balaban J connectivity index is 1.68. The molecule has 0 fully saturated rings. The molecule has 0 saturated carbocycles. The van der Waals surface area contributed by atoms with Crippen LogP contribution in [0.5, 0.6) is 0 Å². The van der Waals surface area contributed by atoms with Gasteiger partial charge in [-0.3, -0.25) is 14.8 Å². The van der Waals surface area contributed by atoms with Crippen molar-refractivity contribution >= 4 is 23.2 Å². The number of hydrogen-bond acceptors (Lipinski definition) is 4. The lowest BCUT2D eigenvalue weighted by Gasteiger charge is -2.17. The number of amides is 1. The number of aliphatic imine (C=N–C) groups is 1. The first-order valence-electron chi connectivity index (χ1n) is 8.29. The number of nitrogens with zero attached hydrogens (tertiary/aromatic N) is 2. The molecular weight excluding hydrogens is 334 g/mol. The Morgan fingerprint density at radius 2 is 2.08 bits per heavy atom. The van der Waals surface area contributed by atoms with Crippen molar-refractivity contribution in [1.29, 1.82) is 0 Å². The van der Waals surface area contributed by atoms with Gasteiger partial charge in [-0.05, 0) is 38.1 Å². The highest BCUT2D eigenvalue weighted by atomic mass is 32.1. The number of thiophene rings is 1. The lowest BCUT2D eigenvalue weighted by molar-refractivity contribution is 0.0954. The third kappa shape index (κ3) is 6.54. The van der Waals surface area contributed by atoms with Crippen LogP contribution in [0.25, 0.3) is 0 Å². The molecule has 0 aliphatic heterocycles. The van der Waals surface area contributed by atoms with Crippen molar-refractivity contribution in [2.45, 2.75) is 26.3 Å². The molecule has 7 heteroatoms. The van der Waals surface area contributed by atoms with Gasteiger partial charge in [0.1, 0.15) is 0 Å². The summed E-state index contributed by atoms with van der Waals surface area (Å²) in [5.41, 5.74) is 0.560. The van der Waals surface area contributed by atoms with Gasteiger partial charge in [0.15, 0.2) is 5.96 Å². The van der Waals surface area contributed by atoms with E-state index < -0.39 is 0 Å². The average molecular weight is 359 g/mol. The molecule has 0 spiro atoms. The minimum Gasteiger partial charge on any atom is -0.355 e. The Kier molecular flexibility index (Phi) is 7.40. The van der Waals surface area contributed by atoms with Gasteiger partial charge in [-0.2, -0.15) is 0 Å². The molecule has 134 valence electrons. The quantitative estimate of drug-likeness (QED) is 0.401. The molecule has 25 heavy (non-hydrogen) atoms. The molecule has 2 rings (SSSR count). The summed E-state index contributed by atoms with van der Waals surface area (Å²) in [6, 6.07) is 8.07. The molecule has 0 saturated heterocycles. The van der Waals surface area contributed by atoms with Crippen molar-refractivity contribution < 1.29 is 4.79 Å². The smallest absolute Gasteiger partial charge is 0.252 e. The highest BCUT2D eigenvalue weighted by molar-refractivity contribution is 7.11. The Bertz CT molecular complexity index is 699. The van der Waals surface area contributed by atoms with Gasteiger partial charge in [0.2, 0.25) is 0 Å². The Labute approximate surface area is 152 Å². The molecule has 3 N–H and O–H groups in total. The van der Waals surface area contributed by atoms with E-state index in [1.807, 2.05) is 11.3 Å². The van der Waals surface area contributed by atoms with Gasteiger partial charge in [-0.1, -0.05) is 0 Å². The topological polar surface area (TPSA) is 78.4 Å². The predicted molar refractivity (Wildman–Crippen MR) is 103 cm³/mol. The normalized spacial score (nSPS) is 12.5. The predicted octanol–water partition coefficient (Wildman–Crippen LogP) is 1.98. The number of pyridine rings is 1. The number of aromatic nitrogens is 1. The zero-order valence-electron chi connectivity index (χ0n) is 14.9. The van der Waals surface area contributed by atoms with Gasteiger partial charge in [0, 0.05) is 54.7 Å². The molecule has 1 amide bonds. The average Bonchev–Trinajstić information content (AvgIpc) is 3.02. The fourth-order valence-corrected chi connectivity index (χ4v) is 3.35. The van der Waals surface area contributed by atoms with E-state index >= 15 is 0 Å². The molecule has 2 heterocycles. The monoisotopic (exact) mass is 359 g/mol. The third-order valence-electron chi connectivity index (χ3n) is 3.54. The van der Waals surface area contributed by atoms with Gasteiger partial charge in [0.25, 0.3) is 5.91 Å². The van der Waals surface area contributed by atoms with Crippen LogP contribution in [-0.4, -0.2) is 43.0 Å². The maximum Gasteiger partial charge on any atom is 0.252 e. The molecular formula is C18H25N5OS. The van der Waals surface area contributed by atoms with Crippen LogP contribution < -0.4 is 16.0 Å². The van der Waals surface area contributed by atoms with E-state index in [2.05, 4.69) is 51.9 Å². The Morgan fingerprint density at radius 1 is 1.28 bits per heavy atom. The summed E-state index contributed by atoms with van der Waals surface area (Å²) >= 11 is 1.82. The SMILES string of the molecule is CN=C(NCCNC(=O)c1cccnc1)NC(C)Cc1ccc(C)s1. The molecule has 1 atom stereocenters. The van der Waals surface area contributed by atoms with E-state index in [4.69, 9.17) is 0 Å². The number of carbonyl (C=O) groups excluding carboxylic acids is 1. The summed E-state index contributed by atoms with van der Waals surface area (Å²) in [7, 11) is 1.74. The van der Waals surface area contributed by atoms with Crippen molar-refractivity contribution in [1.82, 2.24) is 20.9 Å². The number of guanidine groups is 1. The Hall–Kier alpha value is -2.41. The van der Waals surface area contributed by atoms with E-state index in [1.54, 1.807) is 31.6 Å². The number of carbonyl (C=O) groups is 1. The van der Waals surface area contributed by atoms with Gasteiger partial charge < -0.3 is 16.0 Å². The minimum atomic E-state index is -0.126. The van der Waals surface area contributed by atoms with E-state index in [1.165, 1.54) is 9.75 Å². The number of nitrogens with one attached hydrogen (secondary N) is 3. The zero-order valence-corrected chi connectivity index (χ0v) is 15.7. The van der Waals surface area contributed by atoms with E-state index in [0.29, 0.717) is 18.7 Å². The van der Waals surface area contributed by atoms with Crippen LogP contribution in [0.4, 0.5) is 0 Å². The number of hydrogen-bond donors (Lipinski definition) is 3. The molecule has 2 aromatic heterocycles. The van der Waals surface area contributed by atoms with E-state index in [9.17, 15) is 4.79 Å². The maximum atomic E-state index is 11.9. The second-order valence-electron chi connectivity index (χ2n) is 5.76. The maximum absolute atomic E-state index is 11.9. The van der Waals surface area contributed by atoms with Crippen LogP contribution in [0.2, 0.25) is 0 Å². The molecule has 6 nitrogen and oxygen atoms in total. The molecule has 0 aliphatic carbocycles. The van der Waals surface area contributed by atoms with Crippen molar-refractivity contribution in [3.8, 4) is 0 Å². The van der Waals surface area contributed by atoms with Crippen LogP contribution in [0.15, 0.2) is 41.7 Å². The molecule has 2 aromatic rings. The van der Waals surface area contributed by atoms with Gasteiger partial charge in [-0.25, -0.2) is 0 Å². The molecule has 0 aromatic carbocycles. The summed E-state index contributed by atoms with van der Waals surface area (Å²) in [6.45, 7) is 5.35. The van der Waals surface area contributed by atoms with Crippen molar-refractivity contribution in [2.75, 3.05) is 20.1 Å². The fourth-order valence-electron chi connectivity index (χ4n) is 2.33. The standard InChI is InChI=1S/C18H25N5OS/c1-13(11-16-7-6-14(2)25-16)23-18(19-3)22-10-9-21-17(24)15-5-4-8-20-12-15/h4-8,12-13H,9-11H2,1-3H3,(H,21,24)(H2,19,22,23). The highest BCUT2D eigenvalue weighted by Crippen LogP contribution is 2.16. The number of aryl methyl sites for hydroxylation is 1. The van der Waals surface area contributed by atoms with Gasteiger partial charge in [0.05, 0.1) is 5.56 Å². The number of rotatable bonds is 7. The summed E-state index contributed by atoms with van der Waals surface area (Å²) < 4.78 is 0. The van der Waals surface area contributed by atoms with Crippen molar-refractivity contribution in [3.63, 3.8) is 0 Å². The summed E-state index contributed by atoms with van der Waals surface area (Å²) in [5.74, 6) is 0.607. The van der Waals surface area contributed by atoms with Crippen molar-refractivity contribution in [3.05, 3.63) is 52.0 Å². The molecule has 0 radical (unpaired) electrons. The fraction of sp³-hybridized carbons (Fsp3) is 0.389. The molecule has 0 bridgehead atoms. The third-order valence-corrected chi connectivity index (χ3v) is 4.56. The lowest BCUT2D eigenvalue weighted by Crippen LogP contribution is -2.45. The van der Waals surface area contributed by atoms with Crippen LogP contribution in [0, 0.1) is 6.92 Å². The van der Waals surface area contributed by atoms with Crippen LogP contribution in [0.3, 0.4) is 0 Å².